The monoisotopic (exact) mass is 281 g/mol. The van der Waals surface area contributed by atoms with E-state index in [1.165, 1.54) is 7.11 Å². The lowest BCUT2D eigenvalue weighted by atomic mass is 10.1. The third-order valence-electron chi connectivity index (χ3n) is 2.35. The van der Waals surface area contributed by atoms with Gasteiger partial charge in [0.15, 0.2) is 0 Å². The van der Waals surface area contributed by atoms with Crippen LogP contribution in [-0.4, -0.2) is 18.1 Å². The minimum atomic E-state index is -0.484. The molecule has 0 bridgehead atoms. The van der Waals surface area contributed by atoms with Gasteiger partial charge in [0.1, 0.15) is 5.69 Å². The zero-order valence-electron chi connectivity index (χ0n) is 9.48. The van der Waals surface area contributed by atoms with Crippen LogP contribution in [0.4, 0.5) is 0 Å². The van der Waals surface area contributed by atoms with Gasteiger partial charge in [0.05, 0.1) is 17.8 Å². The quantitative estimate of drug-likeness (QED) is 0.785. The van der Waals surface area contributed by atoms with Crippen molar-refractivity contribution in [2.45, 2.75) is 0 Å². The molecule has 2 rings (SSSR count). The van der Waals surface area contributed by atoms with Gasteiger partial charge in [-0.25, -0.2) is 9.78 Å². The van der Waals surface area contributed by atoms with Crippen molar-refractivity contribution in [2.24, 2.45) is 0 Å². The molecule has 0 atom stereocenters. The Kier molecular flexibility index (Phi) is 3.84. The number of hydrogen-bond donors (Lipinski definition) is 0. The summed E-state index contributed by atoms with van der Waals surface area (Å²) in [5.41, 5.74) is 1.55. The molecule has 18 heavy (non-hydrogen) atoms. The number of hydrogen-bond acceptors (Lipinski definition) is 3. The summed E-state index contributed by atoms with van der Waals surface area (Å²) in [7, 11) is 1.31. The van der Waals surface area contributed by atoms with Crippen molar-refractivity contribution in [3.05, 3.63) is 52.1 Å². The molecule has 0 unspecified atom stereocenters. The van der Waals surface area contributed by atoms with Crippen molar-refractivity contribution < 1.29 is 9.53 Å². The molecular formula is C13H9Cl2NO2. The lowest BCUT2D eigenvalue weighted by Crippen LogP contribution is -2.04. The van der Waals surface area contributed by atoms with Crippen molar-refractivity contribution in [1.82, 2.24) is 4.98 Å². The molecule has 0 amide bonds. The lowest BCUT2D eigenvalue weighted by Gasteiger charge is -2.05. The van der Waals surface area contributed by atoms with E-state index in [0.29, 0.717) is 21.3 Å². The van der Waals surface area contributed by atoms with Crippen LogP contribution in [0.1, 0.15) is 10.5 Å². The molecule has 0 spiro atoms. The van der Waals surface area contributed by atoms with E-state index < -0.39 is 5.97 Å². The van der Waals surface area contributed by atoms with Crippen LogP contribution >= 0.6 is 23.2 Å². The number of benzene rings is 1. The molecule has 0 radical (unpaired) electrons. The second-order valence-corrected chi connectivity index (χ2v) is 4.37. The topological polar surface area (TPSA) is 39.2 Å². The van der Waals surface area contributed by atoms with Gasteiger partial charge >= 0.3 is 5.97 Å². The van der Waals surface area contributed by atoms with Crippen LogP contribution < -0.4 is 0 Å². The number of carbonyl (C=O) groups excluding carboxylic acids is 1. The van der Waals surface area contributed by atoms with Gasteiger partial charge in [-0.1, -0.05) is 29.3 Å². The molecule has 0 saturated heterocycles. The fraction of sp³-hybridized carbons (Fsp3) is 0.0769. The van der Waals surface area contributed by atoms with Crippen molar-refractivity contribution in [3.63, 3.8) is 0 Å². The maximum atomic E-state index is 11.4. The third-order valence-corrected chi connectivity index (χ3v) is 2.90. The molecule has 2 aromatic rings. The number of carbonyl (C=O) groups is 1. The number of aromatic nitrogens is 1. The van der Waals surface area contributed by atoms with E-state index in [9.17, 15) is 4.79 Å². The highest BCUT2D eigenvalue weighted by atomic mass is 35.5. The number of esters is 1. The average Bonchev–Trinajstić information content (AvgIpc) is 2.38. The molecule has 1 aromatic carbocycles. The van der Waals surface area contributed by atoms with Gasteiger partial charge in [-0.15, -0.1) is 0 Å². The minimum Gasteiger partial charge on any atom is -0.464 e. The molecule has 0 fully saturated rings. The molecule has 92 valence electrons. The molecule has 5 heteroatoms. The minimum absolute atomic E-state index is 0.237. The molecule has 0 aliphatic heterocycles. The van der Waals surface area contributed by atoms with Crippen molar-refractivity contribution in [2.75, 3.05) is 7.11 Å². The van der Waals surface area contributed by atoms with Crippen LogP contribution in [0.5, 0.6) is 0 Å². The van der Waals surface area contributed by atoms with E-state index in [-0.39, 0.29) is 5.69 Å². The van der Waals surface area contributed by atoms with Crippen LogP contribution in [0, 0.1) is 0 Å². The van der Waals surface area contributed by atoms with Crippen molar-refractivity contribution in [3.8, 4) is 11.3 Å². The van der Waals surface area contributed by atoms with Crippen LogP contribution in [0.3, 0.4) is 0 Å². The molecule has 3 nitrogen and oxygen atoms in total. The Balaban J connectivity index is 2.48. The van der Waals surface area contributed by atoms with Crippen LogP contribution in [0.15, 0.2) is 36.4 Å². The van der Waals surface area contributed by atoms with Gasteiger partial charge in [0, 0.05) is 10.6 Å². The van der Waals surface area contributed by atoms with E-state index >= 15 is 0 Å². The number of ether oxygens (including phenoxy) is 1. The summed E-state index contributed by atoms with van der Waals surface area (Å²) in [4.78, 5) is 15.6. The zero-order chi connectivity index (χ0) is 13.1. The standard InChI is InChI=1S/C13H9Cl2NO2/c1-18-13(17)12-4-2-3-11(16-12)9-6-5-8(14)7-10(9)15/h2-7H,1H3. The first kappa shape index (κ1) is 12.9. The van der Waals surface area contributed by atoms with Gasteiger partial charge in [-0.05, 0) is 30.3 Å². The predicted octanol–water partition coefficient (Wildman–Crippen LogP) is 3.84. The first-order chi connectivity index (χ1) is 8.61. The zero-order valence-corrected chi connectivity index (χ0v) is 11.0. The van der Waals surface area contributed by atoms with Gasteiger partial charge in [0.25, 0.3) is 0 Å². The van der Waals surface area contributed by atoms with Gasteiger partial charge in [0.2, 0.25) is 0 Å². The Morgan fingerprint density at radius 3 is 2.67 bits per heavy atom. The highest BCUT2D eigenvalue weighted by molar-refractivity contribution is 6.36. The van der Waals surface area contributed by atoms with E-state index in [1.54, 1.807) is 36.4 Å². The Morgan fingerprint density at radius 2 is 2.00 bits per heavy atom. The predicted molar refractivity (Wildman–Crippen MR) is 71.0 cm³/mol. The van der Waals surface area contributed by atoms with Crippen molar-refractivity contribution >= 4 is 29.2 Å². The fourth-order valence-electron chi connectivity index (χ4n) is 1.50. The lowest BCUT2D eigenvalue weighted by molar-refractivity contribution is 0.0594. The summed E-state index contributed by atoms with van der Waals surface area (Å²) in [5, 5.41) is 1.03. The van der Waals surface area contributed by atoms with E-state index in [0.717, 1.165) is 0 Å². The van der Waals surface area contributed by atoms with Crippen LogP contribution in [0.2, 0.25) is 10.0 Å². The second kappa shape index (κ2) is 5.38. The second-order valence-electron chi connectivity index (χ2n) is 3.52. The Bertz CT molecular complexity index is 599. The summed E-state index contributed by atoms with van der Waals surface area (Å²) in [5.74, 6) is -0.484. The Morgan fingerprint density at radius 1 is 1.22 bits per heavy atom. The van der Waals surface area contributed by atoms with Crippen LogP contribution in [-0.2, 0) is 4.74 Å². The molecular weight excluding hydrogens is 273 g/mol. The van der Waals surface area contributed by atoms with E-state index in [1.807, 2.05) is 0 Å². The van der Waals surface area contributed by atoms with Gasteiger partial charge < -0.3 is 4.74 Å². The maximum absolute atomic E-state index is 11.4. The van der Waals surface area contributed by atoms with E-state index in [2.05, 4.69) is 9.72 Å². The number of nitrogens with zero attached hydrogens (tertiary/aromatic N) is 1. The first-order valence-corrected chi connectivity index (χ1v) is 5.88. The summed E-state index contributed by atoms with van der Waals surface area (Å²) >= 11 is 11.9. The third kappa shape index (κ3) is 2.63. The summed E-state index contributed by atoms with van der Waals surface area (Å²) in [6, 6.07) is 10.2. The maximum Gasteiger partial charge on any atom is 0.356 e. The molecule has 0 N–H and O–H groups in total. The highest BCUT2D eigenvalue weighted by Gasteiger charge is 2.10. The highest BCUT2D eigenvalue weighted by Crippen LogP contribution is 2.29. The molecule has 0 aliphatic carbocycles. The molecule has 0 aliphatic rings. The average molecular weight is 282 g/mol. The SMILES string of the molecule is COC(=O)c1cccc(-c2ccc(Cl)cc2Cl)n1. The summed E-state index contributed by atoms with van der Waals surface area (Å²) in [6.45, 7) is 0. The van der Waals surface area contributed by atoms with Gasteiger partial charge in [-0.2, -0.15) is 0 Å². The Hall–Kier alpha value is -1.58. The number of rotatable bonds is 2. The largest absolute Gasteiger partial charge is 0.464 e. The first-order valence-electron chi connectivity index (χ1n) is 5.12. The van der Waals surface area contributed by atoms with Gasteiger partial charge in [-0.3, -0.25) is 0 Å². The normalized spacial score (nSPS) is 10.2. The summed E-state index contributed by atoms with van der Waals surface area (Å²) < 4.78 is 4.62. The number of pyridine rings is 1. The number of methoxy groups -OCH3 is 1. The molecule has 0 saturated carbocycles. The number of halogens is 2. The Labute approximate surface area is 114 Å². The molecule has 1 heterocycles. The smallest absolute Gasteiger partial charge is 0.356 e. The summed E-state index contributed by atoms with van der Waals surface area (Å²) in [6.07, 6.45) is 0. The van der Waals surface area contributed by atoms with E-state index in [4.69, 9.17) is 23.2 Å². The van der Waals surface area contributed by atoms with Crippen LogP contribution in [0.25, 0.3) is 11.3 Å². The van der Waals surface area contributed by atoms with Crippen molar-refractivity contribution in [1.29, 1.82) is 0 Å². The fourth-order valence-corrected chi connectivity index (χ4v) is 2.01. The molecule has 1 aromatic heterocycles.